The first-order valence-electron chi connectivity index (χ1n) is 12.9. The van der Waals surface area contributed by atoms with Crippen molar-refractivity contribution in [2.24, 2.45) is 17.3 Å². The molecule has 1 heterocycles. The van der Waals surface area contributed by atoms with Crippen LogP contribution >= 0.6 is 15.9 Å². The maximum atomic E-state index is 14.3. The van der Waals surface area contributed by atoms with Gasteiger partial charge >= 0.3 is 11.9 Å². The molecule has 0 spiro atoms. The summed E-state index contributed by atoms with van der Waals surface area (Å²) in [7, 11) is 0. The highest BCUT2D eigenvalue weighted by atomic mass is 79.9. The Kier molecular flexibility index (Phi) is 8.90. The van der Waals surface area contributed by atoms with Gasteiger partial charge in [0, 0.05) is 4.47 Å². The molecule has 1 aliphatic heterocycles. The number of hydrogen-bond donors (Lipinski definition) is 0. The predicted octanol–water partition coefficient (Wildman–Crippen LogP) is 7.07. The first-order chi connectivity index (χ1) is 18.2. The minimum atomic E-state index is -1.84. The van der Waals surface area contributed by atoms with Gasteiger partial charge in [-0.15, -0.1) is 0 Å². The molecule has 4 rings (SSSR count). The van der Waals surface area contributed by atoms with Crippen LogP contribution in [0.5, 0.6) is 0 Å². The lowest BCUT2D eigenvalue weighted by molar-refractivity contribution is -0.179. The van der Waals surface area contributed by atoms with Crippen LogP contribution in [0.2, 0.25) is 0 Å². The third-order valence-corrected chi connectivity index (χ3v) is 6.90. The van der Waals surface area contributed by atoms with Gasteiger partial charge in [0.05, 0.1) is 18.9 Å². The van der Waals surface area contributed by atoms with Gasteiger partial charge in [0.2, 0.25) is 5.41 Å². The smallest absolute Gasteiger partial charge is 0.329 e. The van der Waals surface area contributed by atoms with Crippen LogP contribution in [0.1, 0.15) is 51.0 Å². The molecule has 0 saturated carbocycles. The number of halogens is 1. The van der Waals surface area contributed by atoms with Gasteiger partial charge in [-0.3, -0.25) is 14.4 Å². The lowest BCUT2D eigenvalue weighted by atomic mass is 9.71. The molecule has 0 aliphatic carbocycles. The van der Waals surface area contributed by atoms with Crippen LogP contribution < -0.4 is 5.06 Å². The quantitative estimate of drug-likeness (QED) is 0.199. The lowest BCUT2D eigenvalue weighted by Gasteiger charge is -2.35. The molecule has 2 atom stereocenters. The topological polar surface area (TPSA) is 65.1 Å². The second kappa shape index (κ2) is 12.1. The number of carbonyl (C=O) groups excluding carboxylic acids is 2. The Hall–Kier alpha value is -3.16. The summed E-state index contributed by atoms with van der Waals surface area (Å²) in [6, 6.07) is 25.5. The van der Waals surface area contributed by atoms with Crippen LogP contribution in [0.25, 0.3) is 0 Å². The van der Waals surface area contributed by atoms with Crippen molar-refractivity contribution in [2.45, 2.75) is 39.8 Å². The van der Waals surface area contributed by atoms with Gasteiger partial charge in [0.1, 0.15) is 12.1 Å². The first kappa shape index (κ1) is 27.9. The van der Waals surface area contributed by atoms with E-state index in [0.717, 1.165) is 10.0 Å². The lowest BCUT2D eigenvalue weighted by Crippen LogP contribution is -2.50. The summed E-state index contributed by atoms with van der Waals surface area (Å²) in [6.45, 7) is 8.16. The molecule has 1 aliphatic rings. The van der Waals surface area contributed by atoms with E-state index in [1.165, 1.54) is 0 Å². The summed E-state index contributed by atoms with van der Waals surface area (Å²) in [4.78, 5) is 35.3. The zero-order valence-electron chi connectivity index (χ0n) is 22.2. The third kappa shape index (κ3) is 5.64. The molecule has 3 aromatic rings. The van der Waals surface area contributed by atoms with Crippen molar-refractivity contribution in [3.05, 3.63) is 101 Å². The largest absolute Gasteiger partial charge is 0.464 e. The van der Waals surface area contributed by atoms with Gasteiger partial charge in [0.15, 0.2) is 0 Å². The molecule has 38 heavy (non-hydrogen) atoms. The van der Waals surface area contributed by atoms with E-state index < -0.39 is 29.5 Å². The zero-order chi connectivity index (χ0) is 27.3. The molecule has 1 saturated heterocycles. The van der Waals surface area contributed by atoms with Crippen molar-refractivity contribution < 1.29 is 23.9 Å². The molecular formula is C31H34BrNO5. The molecule has 200 valence electrons. The summed E-state index contributed by atoms with van der Waals surface area (Å²) in [5.41, 5.74) is 0.264. The van der Waals surface area contributed by atoms with Crippen molar-refractivity contribution in [2.75, 3.05) is 18.3 Å². The molecule has 6 nitrogen and oxygen atoms in total. The number of anilines is 1. The van der Waals surface area contributed by atoms with E-state index in [1.54, 1.807) is 5.06 Å². The van der Waals surface area contributed by atoms with Gasteiger partial charge in [-0.1, -0.05) is 104 Å². The van der Waals surface area contributed by atoms with Gasteiger partial charge in [0.25, 0.3) is 0 Å². The number of esters is 2. The number of ether oxygens (including phenoxy) is 2. The Morgan fingerprint density at radius 3 is 1.79 bits per heavy atom. The highest BCUT2D eigenvalue weighted by Crippen LogP contribution is 2.58. The van der Waals surface area contributed by atoms with Crippen molar-refractivity contribution >= 4 is 33.6 Å². The predicted molar refractivity (Wildman–Crippen MR) is 150 cm³/mol. The van der Waals surface area contributed by atoms with E-state index in [4.69, 9.17) is 14.3 Å². The molecule has 0 amide bonds. The monoisotopic (exact) mass is 579 g/mol. The van der Waals surface area contributed by atoms with Crippen molar-refractivity contribution in [1.29, 1.82) is 0 Å². The summed E-state index contributed by atoms with van der Waals surface area (Å²) in [6.07, 6.45) is -0.989. The van der Waals surface area contributed by atoms with E-state index in [1.807, 2.05) is 113 Å². The minimum absolute atomic E-state index is 0.0801. The third-order valence-electron chi connectivity index (χ3n) is 6.37. The summed E-state index contributed by atoms with van der Waals surface area (Å²) in [5.74, 6) is -1.17. The normalized spacial score (nSPS) is 18.6. The second-order valence-corrected chi connectivity index (χ2v) is 11.3. The Labute approximate surface area is 233 Å². The van der Waals surface area contributed by atoms with E-state index in [-0.39, 0.29) is 25.0 Å². The summed E-state index contributed by atoms with van der Waals surface area (Å²) in [5, 5.41) is 1.66. The number of hydroxylamine groups is 1. The molecule has 0 unspecified atom stereocenters. The van der Waals surface area contributed by atoms with E-state index in [2.05, 4.69) is 15.9 Å². The Morgan fingerprint density at radius 2 is 1.29 bits per heavy atom. The van der Waals surface area contributed by atoms with Crippen LogP contribution in [0.3, 0.4) is 0 Å². The average Bonchev–Trinajstić information content (AvgIpc) is 3.29. The van der Waals surface area contributed by atoms with Crippen molar-refractivity contribution in [3.8, 4) is 0 Å². The van der Waals surface area contributed by atoms with Crippen LogP contribution in [0.4, 0.5) is 5.69 Å². The Morgan fingerprint density at radius 1 is 0.789 bits per heavy atom. The standard InChI is InChI=1S/C31H34BrNO5/c1-21(2)19-36-29(34)31(30(35)37-20-22(3)4)27(23-15-17-25(32)18-16-23)33(26-13-9-6-10-14-26)38-28(31)24-11-7-5-8-12-24/h5-18,21-22,27-28H,19-20H2,1-4H3/t27-,28+/m1/s1. The average molecular weight is 581 g/mol. The molecule has 0 N–H and O–H groups in total. The fourth-order valence-electron chi connectivity index (χ4n) is 4.61. The van der Waals surface area contributed by atoms with Crippen LogP contribution in [0, 0.1) is 17.3 Å². The molecule has 1 fully saturated rings. The van der Waals surface area contributed by atoms with Crippen LogP contribution in [-0.2, 0) is 23.9 Å². The van der Waals surface area contributed by atoms with Gasteiger partial charge < -0.3 is 9.47 Å². The molecular weight excluding hydrogens is 546 g/mol. The molecule has 7 heteroatoms. The molecule has 0 radical (unpaired) electrons. The fraction of sp³-hybridized carbons (Fsp3) is 0.355. The van der Waals surface area contributed by atoms with Crippen molar-refractivity contribution in [3.63, 3.8) is 0 Å². The van der Waals surface area contributed by atoms with Crippen LogP contribution in [0.15, 0.2) is 89.4 Å². The molecule has 3 aromatic carbocycles. The minimum Gasteiger partial charge on any atom is -0.464 e. The van der Waals surface area contributed by atoms with Crippen molar-refractivity contribution in [1.82, 2.24) is 0 Å². The second-order valence-electron chi connectivity index (χ2n) is 10.4. The summed E-state index contributed by atoms with van der Waals surface area (Å²) < 4.78 is 12.6. The van der Waals surface area contributed by atoms with Gasteiger partial charge in [-0.05, 0) is 47.2 Å². The summed E-state index contributed by atoms with van der Waals surface area (Å²) >= 11 is 3.50. The van der Waals surface area contributed by atoms with Gasteiger partial charge in [-0.25, -0.2) is 5.06 Å². The molecule has 0 bridgehead atoms. The maximum absolute atomic E-state index is 14.3. The van der Waals surface area contributed by atoms with E-state index >= 15 is 0 Å². The zero-order valence-corrected chi connectivity index (χ0v) is 23.8. The number of nitrogens with zero attached hydrogens (tertiary/aromatic N) is 1. The Balaban J connectivity index is 1.99. The van der Waals surface area contributed by atoms with E-state index in [9.17, 15) is 9.59 Å². The van der Waals surface area contributed by atoms with E-state index in [0.29, 0.717) is 11.3 Å². The molecule has 0 aromatic heterocycles. The number of rotatable bonds is 9. The Bertz CT molecular complexity index is 1190. The maximum Gasteiger partial charge on any atom is 0.329 e. The highest BCUT2D eigenvalue weighted by Gasteiger charge is 2.69. The highest BCUT2D eigenvalue weighted by molar-refractivity contribution is 9.10. The first-order valence-corrected chi connectivity index (χ1v) is 13.7. The van der Waals surface area contributed by atoms with Gasteiger partial charge in [-0.2, -0.15) is 0 Å². The number of benzene rings is 3. The number of carbonyl (C=O) groups is 2. The SMILES string of the molecule is CC(C)COC(=O)C1(C(=O)OCC(C)C)[C@H](c2ccccc2)ON(c2ccccc2)[C@@H]1c1ccc(Br)cc1. The number of hydrogen-bond acceptors (Lipinski definition) is 6. The number of para-hydroxylation sites is 1. The van der Waals surface area contributed by atoms with Crippen LogP contribution in [-0.4, -0.2) is 25.2 Å². The fourth-order valence-corrected chi connectivity index (χ4v) is 4.87.